The average Bonchev–Trinajstić information content (AvgIpc) is 1.88. The molecule has 1 unspecified atom stereocenters. The minimum Gasteiger partial charge on any atom is -0.297 e. The van der Waals surface area contributed by atoms with Gasteiger partial charge in [0.15, 0.2) is 0 Å². The van der Waals surface area contributed by atoms with Gasteiger partial charge in [0.05, 0.1) is 5.92 Å². The second kappa shape index (κ2) is 2.60. The van der Waals surface area contributed by atoms with Crippen molar-refractivity contribution in [1.82, 2.24) is 0 Å². The molecule has 1 heterocycles. The van der Waals surface area contributed by atoms with Gasteiger partial charge in [-0.15, -0.1) is 0 Å². The standard InChI is InChI=1S/C6H8F3N/c7-6(8,9)5-2-1-3-10-4-5/h3,5H,1-2,4H2. The van der Waals surface area contributed by atoms with Crippen LogP contribution in [0.3, 0.4) is 0 Å². The second-order valence-corrected chi connectivity index (χ2v) is 2.36. The van der Waals surface area contributed by atoms with E-state index < -0.39 is 12.1 Å². The molecule has 0 spiro atoms. The van der Waals surface area contributed by atoms with E-state index in [1.807, 2.05) is 0 Å². The Hall–Kier alpha value is -0.540. The Kier molecular flexibility index (Phi) is 1.97. The van der Waals surface area contributed by atoms with Crippen molar-refractivity contribution in [2.75, 3.05) is 6.54 Å². The zero-order valence-corrected chi connectivity index (χ0v) is 5.36. The highest BCUT2D eigenvalue weighted by Crippen LogP contribution is 2.30. The summed E-state index contributed by atoms with van der Waals surface area (Å²) < 4.78 is 35.6. The summed E-state index contributed by atoms with van der Waals surface area (Å²) in [7, 11) is 0. The highest BCUT2D eigenvalue weighted by molar-refractivity contribution is 5.57. The van der Waals surface area contributed by atoms with Gasteiger partial charge >= 0.3 is 6.18 Å². The maximum absolute atomic E-state index is 11.9. The van der Waals surface area contributed by atoms with E-state index in [-0.39, 0.29) is 13.0 Å². The Balaban J connectivity index is 2.49. The predicted octanol–water partition coefficient (Wildman–Crippen LogP) is 2.03. The first-order valence-electron chi connectivity index (χ1n) is 3.15. The Morgan fingerprint density at radius 3 is 2.40 bits per heavy atom. The van der Waals surface area contributed by atoms with E-state index in [0.29, 0.717) is 6.42 Å². The molecular weight excluding hydrogens is 143 g/mol. The third kappa shape index (κ3) is 1.72. The van der Waals surface area contributed by atoms with Crippen LogP contribution in [0, 0.1) is 5.92 Å². The van der Waals surface area contributed by atoms with Crippen molar-refractivity contribution in [3.05, 3.63) is 0 Å². The molecule has 0 aromatic rings. The van der Waals surface area contributed by atoms with Crippen molar-refractivity contribution < 1.29 is 13.2 Å². The molecule has 0 fully saturated rings. The molecule has 0 saturated heterocycles. The smallest absolute Gasteiger partial charge is 0.297 e. The van der Waals surface area contributed by atoms with Gasteiger partial charge in [0, 0.05) is 6.54 Å². The zero-order chi connectivity index (χ0) is 7.61. The van der Waals surface area contributed by atoms with E-state index in [2.05, 4.69) is 4.99 Å². The van der Waals surface area contributed by atoms with Gasteiger partial charge in [0.2, 0.25) is 0 Å². The summed E-state index contributed by atoms with van der Waals surface area (Å²) in [6, 6.07) is 0. The molecule has 0 aromatic carbocycles. The van der Waals surface area contributed by atoms with E-state index in [1.165, 1.54) is 0 Å². The monoisotopic (exact) mass is 151 g/mol. The van der Waals surface area contributed by atoms with E-state index in [4.69, 9.17) is 0 Å². The van der Waals surface area contributed by atoms with E-state index in [0.717, 1.165) is 0 Å². The normalized spacial score (nSPS) is 26.9. The van der Waals surface area contributed by atoms with Gasteiger partial charge in [-0.1, -0.05) is 0 Å². The Morgan fingerprint density at radius 2 is 2.10 bits per heavy atom. The first kappa shape index (κ1) is 7.57. The molecule has 0 aromatic heterocycles. The molecule has 1 aliphatic heterocycles. The first-order chi connectivity index (χ1) is 4.61. The van der Waals surface area contributed by atoms with Crippen molar-refractivity contribution >= 4 is 6.21 Å². The molecule has 0 aliphatic carbocycles. The van der Waals surface area contributed by atoms with Crippen LogP contribution in [0.4, 0.5) is 13.2 Å². The van der Waals surface area contributed by atoms with Crippen LogP contribution in [-0.4, -0.2) is 18.9 Å². The molecule has 4 heteroatoms. The lowest BCUT2D eigenvalue weighted by Gasteiger charge is -2.19. The minimum absolute atomic E-state index is 0.0799. The lowest BCUT2D eigenvalue weighted by atomic mass is 10.0. The summed E-state index contributed by atoms with van der Waals surface area (Å²) in [6.07, 6.45) is -1.82. The van der Waals surface area contributed by atoms with E-state index in [1.54, 1.807) is 6.21 Å². The topological polar surface area (TPSA) is 12.4 Å². The Morgan fingerprint density at radius 1 is 1.40 bits per heavy atom. The fourth-order valence-electron chi connectivity index (χ4n) is 0.927. The van der Waals surface area contributed by atoms with Gasteiger partial charge in [-0.3, -0.25) is 4.99 Å². The van der Waals surface area contributed by atoms with Gasteiger partial charge < -0.3 is 0 Å². The maximum Gasteiger partial charge on any atom is 0.393 e. The van der Waals surface area contributed by atoms with Crippen molar-refractivity contribution in [2.45, 2.75) is 19.0 Å². The fourth-order valence-corrected chi connectivity index (χ4v) is 0.927. The number of aliphatic imine (C=N–C) groups is 1. The first-order valence-corrected chi connectivity index (χ1v) is 3.15. The summed E-state index contributed by atoms with van der Waals surface area (Å²) in [5, 5.41) is 0. The number of hydrogen-bond donors (Lipinski definition) is 0. The van der Waals surface area contributed by atoms with Crippen molar-refractivity contribution in [3.8, 4) is 0 Å². The zero-order valence-electron chi connectivity index (χ0n) is 5.36. The molecule has 0 bridgehead atoms. The second-order valence-electron chi connectivity index (χ2n) is 2.36. The number of nitrogens with zero attached hydrogens (tertiary/aromatic N) is 1. The van der Waals surface area contributed by atoms with Crippen LogP contribution in [0.2, 0.25) is 0 Å². The van der Waals surface area contributed by atoms with Gasteiger partial charge in [0.25, 0.3) is 0 Å². The van der Waals surface area contributed by atoms with Crippen LogP contribution in [0.1, 0.15) is 12.8 Å². The van der Waals surface area contributed by atoms with E-state index >= 15 is 0 Å². The third-order valence-electron chi connectivity index (χ3n) is 1.56. The molecule has 0 N–H and O–H groups in total. The molecule has 0 radical (unpaired) electrons. The largest absolute Gasteiger partial charge is 0.393 e. The fraction of sp³-hybridized carbons (Fsp3) is 0.833. The molecule has 58 valence electrons. The summed E-state index contributed by atoms with van der Waals surface area (Å²) >= 11 is 0. The number of hydrogen-bond acceptors (Lipinski definition) is 1. The molecule has 1 atom stereocenters. The molecule has 1 nitrogen and oxygen atoms in total. The van der Waals surface area contributed by atoms with Crippen LogP contribution in [0.15, 0.2) is 4.99 Å². The van der Waals surface area contributed by atoms with Crippen LogP contribution >= 0.6 is 0 Å². The SMILES string of the molecule is FC(F)(F)C1CCC=NC1. The summed E-state index contributed by atoms with van der Waals surface area (Å²) in [5.74, 6) is -1.20. The van der Waals surface area contributed by atoms with Crippen molar-refractivity contribution in [3.63, 3.8) is 0 Å². The third-order valence-corrected chi connectivity index (χ3v) is 1.56. The van der Waals surface area contributed by atoms with Gasteiger partial charge in [0.1, 0.15) is 0 Å². The number of rotatable bonds is 0. The van der Waals surface area contributed by atoms with Crippen molar-refractivity contribution in [2.24, 2.45) is 10.9 Å². The number of alkyl halides is 3. The maximum atomic E-state index is 11.9. The van der Waals surface area contributed by atoms with Crippen molar-refractivity contribution in [1.29, 1.82) is 0 Å². The quantitative estimate of drug-likeness (QED) is 0.502. The van der Waals surface area contributed by atoms with Gasteiger partial charge in [-0.2, -0.15) is 13.2 Å². The highest BCUT2D eigenvalue weighted by atomic mass is 19.4. The predicted molar refractivity (Wildman–Crippen MR) is 32.1 cm³/mol. The van der Waals surface area contributed by atoms with Gasteiger partial charge in [-0.25, -0.2) is 0 Å². The lowest BCUT2D eigenvalue weighted by molar-refractivity contribution is -0.173. The van der Waals surface area contributed by atoms with Crippen LogP contribution in [-0.2, 0) is 0 Å². The minimum atomic E-state index is -4.04. The highest BCUT2D eigenvalue weighted by Gasteiger charge is 2.39. The molecule has 1 aliphatic rings. The Labute approximate surface area is 57.0 Å². The van der Waals surface area contributed by atoms with Crippen LogP contribution < -0.4 is 0 Å². The molecule has 10 heavy (non-hydrogen) atoms. The molecule has 1 rings (SSSR count). The summed E-state index contributed by atoms with van der Waals surface area (Å²) in [4.78, 5) is 3.58. The average molecular weight is 151 g/mol. The summed E-state index contributed by atoms with van der Waals surface area (Å²) in [5.41, 5.74) is 0. The number of halogens is 3. The lowest BCUT2D eigenvalue weighted by Crippen LogP contribution is -2.27. The molecule has 0 saturated carbocycles. The molecule has 0 amide bonds. The molecular formula is C6H8F3N. The van der Waals surface area contributed by atoms with Crippen LogP contribution in [0.5, 0.6) is 0 Å². The van der Waals surface area contributed by atoms with Gasteiger partial charge in [-0.05, 0) is 19.1 Å². The summed E-state index contributed by atoms with van der Waals surface area (Å²) in [6.45, 7) is -0.0799. The van der Waals surface area contributed by atoms with E-state index in [9.17, 15) is 13.2 Å². The van der Waals surface area contributed by atoms with Crippen LogP contribution in [0.25, 0.3) is 0 Å². The Bertz CT molecular complexity index is 138.